The Bertz CT molecular complexity index is 1120. The molecular weight excluding hydrogens is 454 g/mol. The number of aliphatic hydroxyl groups is 1. The molecule has 186 valence electrons. The lowest BCUT2D eigenvalue weighted by molar-refractivity contribution is 0.0388. The minimum Gasteiger partial charge on any atom is -0.486 e. The van der Waals surface area contributed by atoms with Crippen LogP contribution >= 0.6 is 0 Å². The molecule has 2 aromatic rings. The summed E-state index contributed by atoms with van der Waals surface area (Å²) >= 11 is 0. The van der Waals surface area contributed by atoms with Gasteiger partial charge >= 0.3 is 0 Å². The summed E-state index contributed by atoms with van der Waals surface area (Å²) in [7, 11) is 1.55. The SMILES string of the molecule is Cc1ccc(S(=O)(=O)N(C)C[C@H]2Oc3c(cccc3N(C)C)C(=O)N([C@@H](C)CO)C[C@@H]2C)cc1. The number of fused-ring (bicyclic) bond motifs is 1. The van der Waals surface area contributed by atoms with Crippen molar-refractivity contribution in [2.45, 2.75) is 37.8 Å². The topological polar surface area (TPSA) is 90.4 Å². The minimum atomic E-state index is -3.73. The van der Waals surface area contributed by atoms with Crippen LogP contribution in [0.2, 0.25) is 0 Å². The Kier molecular flexibility index (Phi) is 7.90. The number of hydrogen-bond donors (Lipinski definition) is 1. The third-order valence-corrected chi connectivity index (χ3v) is 8.16. The molecule has 0 spiro atoms. The molecule has 8 nitrogen and oxygen atoms in total. The molecule has 1 N–H and O–H groups in total. The van der Waals surface area contributed by atoms with Gasteiger partial charge in [0, 0.05) is 33.6 Å². The van der Waals surface area contributed by atoms with Crippen LogP contribution in [0.4, 0.5) is 5.69 Å². The monoisotopic (exact) mass is 489 g/mol. The molecule has 0 aliphatic carbocycles. The van der Waals surface area contributed by atoms with Gasteiger partial charge in [0.25, 0.3) is 5.91 Å². The lowest BCUT2D eigenvalue weighted by Crippen LogP contribution is -2.50. The fourth-order valence-corrected chi connectivity index (χ4v) is 5.22. The first-order valence-electron chi connectivity index (χ1n) is 11.4. The number of rotatable bonds is 7. The first-order chi connectivity index (χ1) is 16.0. The van der Waals surface area contributed by atoms with Crippen molar-refractivity contribution in [3.63, 3.8) is 0 Å². The molecule has 2 aromatic carbocycles. The average Bonchev–Trinajstić information content (AvgIpc) is 2.80. The maximum atomic E-state index is 13.4. The van der Waals surface area contributed by atoms with Gasteiger partial charge in [0.2, 0.25) is 10.0 Å². The first-order valence-corrected chi connectivity index (χ1v) is 12.8. The molecule has 0 saturated carbocycles. The van der Waals surface area contributed by atoms with Crippen LogP contribution in [0.25, 0.3) is 0 Å². The number of amides is 1. The van der Waals surface area contributed by atoms with Gasteiger partial charge in [-0.15, -0.1) is 0 Å². The maximum Gasteiger partial charge on any atom is 0.258 e. The number of aryl methyl sites for hydroxylation is 1. The number of hydrogen-bond acceptors (Lipinski definition) is 6. The highest BCUT2D eigenvalue weighted by molar-refractivity contribution is 7.89. The van der Waals surface area contributed by atoms with Gasteiger partial charge < -0.3 is 19.6 Å². The Balaban J connectivity index is 2.01. The van der Waals surface area contributed by atoms with E-state index in [2.05, 4.69) is 0 Å². The van der Waals surface area contributed by atoms with Gasteiger partial charge in [0.05, 0.1) is 35.3 Å². The summed E-state index contributed by atoms with van der Waals surface area (Å²) in [6, 6.07) is 11.7. The predicted molar refractivity (Wildman–Crippen MR) is 133 cm³/mol. The number of para-hydroxylation sites is 1. The Morgan fingerprint density at radius 2 is 1.79 bits per heavy atom. The Hall–Kier alpha value is -2.62. The van der Waals surface area contributed by atoms with E-state index >= 15 is 0 Å². The summed E-state index contributed by atoms with van der Waals surface area (Å²) in [6.45, 7) is 5.90. The molecule has 9 heteroatoms. The molecule has 0 saturated heterocycles. The highest BCUT2D eigenvalue weighted by atomic mass is 32.2. The lowest BCUT2D eigenvalue weighted by atomic mass is 9.99. The molecule has 0 aromatic heterocycles. The third kappa shape index (κ3) is 5.21. The molecule has 1 aliphatic heterocycles. The molecule has 1 amide bonds. The summed E-state index contributed by atoms with van der Waals surface area (Å²) in [5.41, 5.74) is 2.10. The van der Waals surface area contributed by atoms with E-state index in [-0.39, 0.29) is 29.9 Å². The van der Waals surface area contributed by atoms with E-state index in [1.54, 1.807) is 55.3 Å². The Labute approximate surface area is 202 Å². The van der Waals surface area contributed by atoms with Crippen LogP contribution in [0.3, 0.4) is 0 Å². The van der Waals surface area contributed by atoms with Crippen LogP contribution in [-0.4, -0.2) is 81.6 Å². The lowest BCUT2D eigenvalue weighted by Gasteiger charge is -2.38. The number of anilines is 1. The maximum absolute atomic E-state index is 13.4. The van der Waals surface area contributed by atoms with Crippen LogP contribution in [-0.2, 0) is 10.0 Å². The van der Waals surface area contributed by atoms with Gasteiger partial charge in [0.15, 0.2) is 5.75 Å². The van der Waals surface area contributed by atoms with Crippen molar-refractivity contribution >= 4 is 21.6 Å². The van der Waals surface area contributed by atoms with E-state index in [9.17, 15) is 18.3 Å². The minimum absolute atomic E-state index is 0.105. The van der Waals surface area contributed by atoms with Crippen molar-refractivity contribution < 1.29 is 23.1 Å². The van der Waals surface area contributed by atoms with E-state index < -0.39 is 22.2 Å². The largest absolute Gasteiger partial charge is 0.486 e. The van der Waals surface area contributed by atoms with Crippen molar-refractivity contribution in [2.24, 2.45) is 5.92 Å². The third-order valence-electron chi connectivity index (χ3n) is 6.32. The second-order valence-corrected chi connectivity index (χ2v) is 11.3. The van der Waals surface area contributed by atoms with Crippen LogP contribution in [0.1, 0.15) is 29.8 Å². The molecule has 34 heavy (non-hydrogen) atoms. The van der Waals surface area contributed by atoms with Crippen molar-refractivity contribution in [1.82, 2.24) is 9.21 Å². The van der Waals surface area contributed by atoms with E-state index in [4.69, 9.17) is 4.74 Å². The zero-order valence-corrected chi connectivity index (χ0v) is 21.5. The number of ether oxygens (including phenoxy) is 1. The van der Waals surface area contributed by atoms with E-state index in [0.29, 0.717) is 17.9 Å². The summed E-state index contributed by atoms with van der Waals surface area (Å²) in [5, 5.41) is 9.79. The van der Waals surface area contributed by atoms with E-state index in [1.807, 2.05) is 38.9 Å². The van der Waals surface area contributed by atoms with Crippen LogP contribution < -0.4 is 9.64 Å². The van der Waals surface area contributed by atoms with Crippen LogP contribution in [0.15, 0.2) is 47.4 Å². The summed E-state index contributed by atoms with van der Waals surface area (Å²) in [6.07, 6.45) is -0.522. The summed E-state index contributed by atoms with van der Waals surface area (Å²) < 4.78 is 34.2. The number of sulfonamides is 1. The molecule has 3 rings (SSSR count). The Morgan fingerprint density at radius 3 is 2.38 bits per heavy atom. The number of carbonyl (C=O) groups is 1. The first kappa shape index (κ1) is 26.0. The van der Waals surface area contributed by atoms with Gasteiger partial charge in [-0.1, -0.05) is 30.7 Å². The second kappa shape index (κ2) is 10.3. The number of likely N-dealkylation sites (N-methyl/N-ethyl adjacent to an activating group) is 1. The molecule has 0 fully saturated rings. The highest BCUT2D eigenvalue weighted by Crippen LogP contribution is 2.36. The smallest absolute Gasteiger partial charge is 0.258 e. The van der Waals surface area contributed by atoms with Gasteiger partial charge in [-0.05, 0) is 38.1 Å². The molecule has 0 bridgehead atoms. The fraction of sp³-hybridized carbons (Fsp3) is 0.480. The van der Waals surface area contributed by atoms with Gasteiger partial charge in [0.1, 0.15) is 6.10 Å². The average molecular weight is 490 g/mol. The van der Waals surface area contributed by atoms with Gasteiger partial charge in [-0.25, -0.2) is 8.42 Å². The van der Waals surface area contributed by atoms with Crippen LogP contribution in [0.5, 0.6) is 5.75 Å². The summed E-state index contributed by atoms with van der Waals surface area (Å²) in [4.78, 5) is 17.2. The van der Waals surface area contributed by atoms with Crippen LogP contribution in [0, 0.1) is 12.8 Å². The van der Waals surface area contributed by atoms with Crippen molar-refractivity contribution in [1.29, 1.82) is 0 Å². The zero-order valence-electron chi connectivity index (χ0n) is 20.7. The molecule has 0 unspecified atom stereocenters. The standard InChI is InChI=1S/C25H35N3O5S/c1-17-10-12-20(13-11-17)34(31,32)27(6)15-23-18(2)14-28(19(3)16-29)25(30)21-8-7-9-22(26(4)5)24(21)33-23/h7-13,18-19,23,29H,14-16H2,1-6H3/t18-,19-,23+/m0/s1. The highest BCUT2D eigenvalue weighted by Gasteiger charge is 2.36. The van der Waals surface area contributed by atoms with E-state index in [0.717, 1.165) is 11.3 Å². The van der Waals surface area contributed by atoms with Crippen molar-refractivity contribution in [3.8, 4) is 5.75 Å². The normalized spacial score (nSPS) is 19.8. The van der Waals surface area contributed by atoms with Crippen molar-refractivity contribution in [3.05, 3.63) is 53.6 Å². The predicted octanol–water partition coefficient (Wildman–Crippen LogP) is 2.60. The summed E-state index contributed by atoms with van der Waals surface area (Å²) in [5.74, 6) is 0.00786. The molecule has 1 heterocycles. The molecule has 3 atom stereocenters. The quantitative estimate of drug-likeness (QED) is 0.643. The zero-order chi connectivity index (χ0) is 25.2. The van der Waals surface area contributed by atoms with E-state index in [1.165, 1.54) is 4.31 Å². The second-order valence-electron chi connectivity index (χ2n) is 9.27. The number of nitrogens with zero attached hydrogens (tertiary/aromatic N) is 3. The van der Waals surface area contributed by atoms with Gasteiger partial charge in [-0.3, -0.25) is 4.79 Å². The molecule has 0 radical (unpaired) electrons. The number of carbonyl (C=O) groups excluding carboxylic acids is 1. The molecular formula is C25H35N3O5S. The number of aliphatic hydroxyl groups excluding tert-OH is 1. The number of benzene rings is 2. The molecule has 1 aliphatic rings. The van der Waals surface area contributed by atoms with Gasteiger partial charge in [-0.2, -0.15) is 4.31 Å². The van der Waals surface area contributed by atoms with Crippen molar-refractivity contribution in [2.75, 3.05) is 45.7 Å². The Morgan fingerprint density at radius 1 is 1.15 bits per heavy atom. The fourth-order valence-electron chi connectivity index (χ4n) is 4.04.